The first-order valence-electron chi connectivity index (χ1n) is 6.98. The Bertz CT molecular complexity index is 341. The summed E-state index contributed by atoms with van der Waals surface area (Å²) in [5.74, 6) is 0.989. The lowest BCUT2D eigenvalue weighted by Gasteiger charge is -2.20. The molecule has 0 spiro atoms. The van der Waals surface area contributed by atoms with Gasteiger partial charge in [0.1, 0.15) is 5.75 Å². The maximum Gasteiger partial charge on any atom is 0.119 e. The second-order valence-electron chi connectivity index (χ2n) is 5.71. The van der Waals surface area contributed by atoms with Crippen molar-refractivity contribution in [3.05, 3.63) is 29.8 Å². The molecule has 1 aromatic rings. The fourth-order valence-corrected chi connectivity index (χ4v) is 1.87. The molecule has 2 heteroatoms. The summed E-state index contributed by atoms with van der Waals surface area (Å²) < 4.78 is 5.51. The maximum absolute atomic E-state index is 5.51. The van der Waals surface area contributed by atoms with E-state index in [0.29, 0.717) is 0 Å². The van der Waals surface area contributed by atoms with E-state index in [1.54, 1.807) is 0 Å². The van der Waals surface area contributed by atoms with Crippen molar-refractivity contribution in [1.82, 2.24) is 5.32 Å². The Balaban J connectivity index is 2.24. The quantitative estimate of drug-likeness (QED) is 0.742. The fourth-order valence-electron chi connectivity index (χ4n) is 1.87. The van der Waals surface area contributed by atoms with Crippen LogP contribution in [0.1, 0.15) is 46.1 Å². The molecule has 0 radical (unpaired) electrons. The van der Waals surface area contributed by atoms with Gasteiger partial charge < -0.3 is 10.1 Å². The molecule has 1 rings (SSSR count). The van der Waals surface area contributed by atoms with Gasteiger partial charge in [0, 0.05) is 5.54 Å². The van der Waals surface area contributed by atoms with Crippen LogP contribution in [0.3, 0.4) is 0 Å². The van der Waals surface area contributed by atoms with Crippen LogP contribution in [0.25, 0.3) is 0 Å². The van der Waals surface area contributed by atoms with E-state index in [1.165, 1.54) is 18.4 Å². The average molecular weight is 249 g/mol. The van der Waals surface area contributed by atoms with Gasteiger partial charge in [-0.2, -0.15) is 0 Å². The second kappa shape index (κ2) is 7.42. The largest absolute Gasteiger partial charge is 0.494 e. The molecule has 1 N–H and O–H groups in total. The first-order chi connectivity index (χ1) is 8.51. The summed E-state index contributed by atoms with van der Waals surface area (Å²) in [7, 11) is 0. The van der Waals surface area contributed by atoms with Gasteiger partial charge in [0.25, 0.3) is 0 Å². The molecule has 0 unspecified atom stereocenters. The zero-order valence-electron chi connectivity index (χ0n) is 12.3. The van der Waals surface area contributed by atoms with Crippen molar-refractivity contribution in [1.29, 1.82) is 0 Å². The van der Waals surface area contributed by atoms with Crippen LogP contribution < -0.4 is 10.1 Å². The highest BCUT2D eigenvalue weighted by Crippen LogP contribution is 2.15. The van der Waals surface area contributed by atoms with Gasteiger partial charge in [0.15, 0.2) is 0 Å². The Hall–Kier alpha value is -1.02. The second-order valence-corrected chi connectivity index (χ2v) is 5.71. The predicted octanol–water partition coefficient (Wildman–Crippen LogP) is 3.80. The Kier molecular flexibility index (Phi) is 6.20. The molecule has 1 aromatic carbocycles. The van der Waals surface area contributed by atoms with Gasteiger partial charge in [0.05, 0.1) is 6.61 Å². The highest BCUT2D eigenvalue weighted by Gasteiger charge is 2.07. The molecule has 102 valence electrons. The average Bonchev–Trinajstić information content (AvgIpc) is 2.28. The molecule has 0 aliphatic carbocycles. The molecule has 0 aromatic heterocycles. The van der Waals surface area contributed by atoms with Crippen molar-refractivity contribution >= 4 is 0 Å². The van der Waals surface area contributed by atoms with E-state index in [2.05, 4.69) is 44.3 Å². The Morgan fingerprint density at radius 2 is 1.94 bits per heavy atom. The van der Waals surface area contributed by atoms with Crippen molar-refractivity contribution < 1.29 is 4.74 Å². The minimum atomic E-state index is 0.231. The molecule has 0 bridgehead atoms. The van der Waals surface area contributed by atoms with Crippen LogP contribution >= 0.6 is 0 Å². The predicted molar refractivity (Wildman–Crippen MR) is 78.3 cm³/mol. The number of hydrogen-bond acceptors (Lipinski definition) is 2. The van der Waals surface area contributed by atoms with E-state index in [1.807, 2.05) is 13.0 Å². The number of ether oxygens (including phenoxy) is 1. The van der Waals surface area contributed by atoms with E-state index in [0.717, 1.165) is 25.3 Å². The van der Waals surface area contributed by atoms with Crippen LogP contribution in [-0.2, 0) is 6.42 Å². The normalized spacial score (nSPS) is 11.6. The third-order valence-corrected chi connectivity index (χ3v) is 2.76. The Morgan fingerprint density at radius 1 is 1.17 bits per heavy atom. The number of rotatable bonds is 7. The van der Waals surface area contributed by atoms with Gasteiger partial charge in [-0.25, -0.2) is 0 Å². The highest BCUT2D eigenvalue weighted by atomic mass is 16.5. The number of hydrogen-bond donors (Lipinski definition) is 1. The maximum atomic E-state index is 5.51. The number of aryl methyl sites for hydroxylation is 1. The topological polar surface area (TPSA) is 21.3 Å². The Morgan fingerprint density at radius 3 is 2.61 bits per heavy atom. The van der Waals surface area contributed by atoms with Crippen molar-refractivity contribution in [2.24, 2.45) is 0 Å². The molecule has 0 aliphatic rings. The molecular formula is C16H27NO. The lowest BCUT2D eigenvalue weighted by atomic mass is 10.1. The summed E-state index contributed by atoms with van der Waals surface area (Å²) in [6, 6.07) is 8.43. The lowest BCUT2D eigenvalue weighted by molar-refractivity contribution is 0.340. The minimum absolute atomic E-state index is 0.231. The van der Waals surface area contributed by atoms with E-state index in [9.17, 15) is 0 Å². The summed E-state index contributed by atoms with van der Waals surface area (Å²) in [6.45, 7) is 10.5. The highest BCUT2D eigenvalue weighted by molar-refractivity contribution is 5.28. The van der Waals surface area contributed by atoms with E-state index in [-0.39, 0.29) is 5.54 Å². The minimum Gasteiger partial charge on any atom is -0.494 e. The van der Waals surface area contributed by atoms with Gasteiger partial charge in [-0.3, -0.25) is 0 Å². The third kappa shape index (κ3) is 6.65. The van der Waals surface area contributed by atoms with Crippen molar-refractivity contribution in [2.45, 2.75) is 52.5 Å². The number of unbranched alkanes of at least 4 members (excludes halogenated alkanes) is 1. The van der Waals surface area contributed by atoms with Crippen LogP contribution in [0, 0.1) is 0 Å². The first kappa shape index (κ1) is 15.0. The van der Waals surface area contributed by atoms with Crippen molar-refractivity contribution in [3.63, 3.8) is 0 Å². The summed E-state index contributed by atoms with van der Waals surface area (Å²) in [5.41, 5.74) is 1.60. The third-order valence-electron chi connectivity index (χ3n) is 2.76. The first-order valence-corrected chi connectivity index (χ1v) is 6.98. The van der Waals surface area contributed by atoms with Crippen LogP contribution in [0.2, 0.25) is 0 Å². The monoisotopic (exact) mass is 249 g/mol. The number of nitrogens with one attached hydrogen (secondary N) is 1. The van der Waals surface area contributed by atoms with E-state index >= 15 is 0 Å². The van der Waals surface area contributed by atoms with Gasteiger partial charge in [-0.05, 0) is 71.2 Å². The molecule has 0 amide bonds. The smallest absolute Gasteiger partial charge is 0.119 e. The molecular weight excluding hydrogens is 222 g/mol. The van der Waals surface area contributed by atoms with Crippen LogP contribution in [0.15, 0.2) is 24.3 Å². The van der Waals surface area contributed by atoms with Crippen LogP contribution in [-0.4, -0.2) is 18.7 Å². The molecule has 18 heavy (non-hydrogen) atoms. The molecule has 0 saturated carbocycles. The fraction of sp³-hybridized carbons (Fsp3) is 0.625. The lowest BCUT2D eigenvalue weighted by Crippen LogP contribution is -2.36. The van der Waals surface area contributed by atoms with Gasteiger partial charge in [0.2, 0.25) is 0 Å². The van der Waals surface area contributed by atoms with Crippen molar-refractivity contribution in [3.8, 4) is 5.75 Å². The van der Waals surface area contributed by atoms with E-state index < -0.39 is 0 Å². The molecule has 0 fully saturated rings. The van der Waals surface area contributed by atoms with Crippen molar-refractivity contribution in [2.75, 3.05) is 13.2 Å². The summed E-state index contributed by atoms with van der Waals surface area (Å²) >= 11 is 0. The standard InChI is InChI=1S/C16H27NO/c1-5-18-15-11-8-10-14(13-15)9-6-7-12-17-16(2,3)4/h8,10-11,13,17H,5-7,9,12H2,1-4H3. The molecule has 2 nitrogen and oxygen atoms in total. The molecule has 0 atom stereocenters. The van der Waals surface area contributed by atoms with Gasteiger partial charge >= 0.3 is 0 Å². The SMILES string of the molecule is CCOc1cccc(CCCCNC(C)(C)C)c1. The van der Waals surface area contributed by atoms with Gasteiger partial charge in [-0.1, -0.05) is 12.1 Å². The molecule has 0 heterocycles. The van der Waals surface area contributed by atoms with Crippen LogP contribution in [0.4, 0.5) is 0 Å². The molecule has 0 aliphatic heterocycles. The van der Waals surface area contributed by atoms with Gasteiger partial charge in [-0.15, -0.1) is 0 Å². The van der Waals surface area contributed by atoms with Crippen LogP contribution in [0.5, 0.6) is 5.75 Å². The molecule has 0 saturated heterocycles. The van der Waals surface area contributed by atoms with E-state index in [4.69, 9.17) is 4.74 Å². The number of benzene rings is 1. The zero-order chi connectivity index (χ0) is 13.4. The Labute approximate surface area is 112 Å². The summed E-state index contributed by atoms with van der Waals surface area (Å²) in [5, 5.41) is 3.52. The zero-order valence-corrected chi connectivity index (χ0v) is 12.3. The summed E-state index contributed by atoms with van der Waals surface area (Å²) in [4.78, 5) is 0. The summed E-state index contributed by atoms with van der Waals surface area (Å²) in [6.07, 6.45) is 3.57.